The van der Waals surface area contributed by atoms with E-state index in [0.29, 0.717) is 5.19 Å². The summed E-state index contributed by atoms with van der Waals surface area (Å²) in [4.78, 5) is 28.4. The Kier molecular flexibility index (Phi) is 7.06. The van der Waals surface area contributed by atoms with Gasteiger partial charge < -0.3 is 14.9 Å². The van der Waals surface area contributed by atoms with Gasteiger partial charge in [0, 0.05) is 35.8 Å². The first-order valence-electron chi connectivity index (χ1n) is 6.30. The van der Waals surface area contributed by atoms with Crippen molar-refractivity contribution in [3.63, 3.8) is 0 Å². The van der Waals surface area contributed by atoms with Crippen molar-refractivity contribution in [2.75, 3.05) is 7.11 Å². The highest BCUT2D eigenvalue weighted by Crippen LogP contribution is 2.32. The molecule has 25 heavy (non-hydrogen) atoms. The number of nitrogens with zero attached hydrogens (tertiary/aromatic N) is 2. The van der Waals surface area contributed by atoms with E-state index in [1.165, 1.54) is 17.4 Å². The van der Waals surface area contributed by atoms with Crippen LogP contribution in [0.5, 0.6) is 5.19 Å². The van der Waals surface area contributed by atoms with Gasteiger partial charge >= 0.3 is 18.1 Å². The lowest BCUT2D eigenvalue weighted by Crippen LogP contribution is -2.21. The third-order valence-corrected chi connectivity index (χ3v) is 3.42. The Labute approximate surface area is 143 Å². The van der Waals surface area contributed by atoms with Gasteiger partial charge in [-0.1, -0.05) is 11.3 Å². The minimum Gasteiger partial charge on any atom is -0.478 e. The second-order valence-electron chi connectivity index (χ2n) is 4.13. The SMILES string of the molecule is COc1ncc(-c2ccncc2C=CC(=O)O)s1.O=C(O)C(F)(F)F. The van der Waals surface area contributed by atoms with E-state index in [1.54, 1.807) is 25.7 Å². The van der Waals surface area contributed by atoms with Gasteiger partial charge in [-0.25, -0.2) is 14.6 Å². The fraction of sp³-hybridized carbons (Fsp3) is 0.143. The normalized spacial score (nSPS) is 10.9. The minimum absolute atomic E-state index is 0.565. The summed E-state index contributed by atoms with van der Waals surface area (Å²) in [6.45, 7) is 0. The molecular formula is C14H11F3N2O5S. The monoisotopic (exact) mass is 376 g/mol. The second kappa shape index (κ2) is 8.78. The van der Waals surface area contributed by atoms with Crippen molar-refractivity contribution in [1.29, 1.82) is 0 Å². The molecule has 0 atom stereocenters. The van der Waals surface area contributed by atoms with Crippen molar-refractivity contribution in [3.8, 4) is 15.6 Å². The third kappa shape index (κ3) is 6.59. The summed E-state index contributed by atoms with van der Waals surface area (Å²) in [7, 11) is 1.56. The van der Waals surface area contributed by atoms with Crippen LogP contribution in [0.1, 0.15) is 5.56 Å². The number of hydrogen-bond donors (Lipinski definition) is 2. The summed E-state index contributed by atoms with van der Waals surface area (Å²) < 4.78 is 36.8. The number of carboxylic acid groups (broad SMARTS) is 2. The number of rotatable bonds is 4. The molecule has 0 fully saturated rings. The van der Waals surface area contributed by atoms with Gasteiger partial charge in [-0.05, 0) is 12.1 Å². The Bertz CT molecular complexity index is 774. The van der Waals surface area contributed by atoms with Crippen molar-refractivity contribution >= 4 is 29.4 Å². The number of aliphatic carboxylic acids is 2. The average Bonchev–Trinajstić information content (AvgIpc) is 3.01. The molecule has 0 radical (unpaired) electrons. The fourth-order valence-electron chi connectivity index (χ4n) is 1.40. The lowest BCUT2D eigenvalue weighted by Gasteiger charge is -2.01. The van der Waals surface area contributed by atoms with Crippen LogP contribution in [-0.2, 0) is 9.59 Å². The van der Waals surface area contributed by atoms with Crippen LogP contribution in [0.3, 0.4) is 0 Å². The Morgan fingerprint density at radius 1 is 1.28 bits per heavy atom. The summed E-state index contributed by atoms with van der Waals surface area (Å²) >= 11 is 1.39. The number of ether oxygens (including phenoxy) is 1. The number of methoxy groups -OCH3 is 1. The molecule has 0 saturated carbocycles. The predicted molar refractivity (Wildman–Crippen MR) is 82.3 cm³/mol. The Balaban J connectivity index is 0.000000381. The topological polar surface area (TPSA) is 110 Å². The van der Waals surface area contributed by atoms with Gasteiger partial charge in [-0.2, -0.15) is 13.2 Å². The number of hydrogen-bond acceptors (Lipinski definition) is 6. The van der Waals surface area contributed by atoms with E-state index in [2.05, 4.69) is 9.97 Å². The van der Waals surface area contributed by atoms with Gasteiger partial charge in [0.1, 0.15) is 0 Å². The van der Waals surface area contributed by atoms with Crippen LogP contribution in [0, 0.1) is 0 Å². The summed E-state index contributed by atoms with van der Waals surface area (Å²) in [5, 5.41) is 16.3. The molecule has 11 heteroatoms. The molecule has 2 heterocycles. The first-order valence-corrected chi connectivity index (χ1v) is 7.12. The van der Waals surface area contributed by atoms with Crippen LogP contribution in [0.15, 0.2) is 30.7 Å². The van der Waals surface area contributed by atoms with Crippen molar-refractivity contribution in [1.82, 2.24) is 9.97 Å². The molecular weight excluding hydrogens is 365 g/mol. The van der Waals surface area contributed by atoms with E-state index in [-0.39, 0.29) is 0 Å². The zero-order chi connectivity index (χ0) is 19.0. The molecule has 0 aliphatic carbocycles. The van der Waals surface area contributed by atoms with E-state index in [0.717, 1.165) is 22.1 Å². The van der Waals surface area contributed by atoms with Crippen LogP contribution in [0.2, 0.25) is 0 Å². The minimum atomic E-state index is -5.08. The van der Waals surface area contributed by atoms with Gasteiger partial charge in [-0.3, -0.25) is 4.98 Å². The smallest absolute Gasteiger partial charge is 0.478 e. The van der Waals surface area contributed by atoms with Gasteiger partial charge in [-0.15, -0.1) is 0 Å². The molecule has 0 unspecified atom stereocenters. The number of alkyl halides is 3. The van der Waals surface area contributed by atoms with Gasteiger partial charge in [0.25, 0.3) is 5.19 Å². The molecule has 7 nitrogen and oxygen atoms in total. The van der Waals surface area contributed by atoms with E-state index >= 15 is 0 Å². The first-order chi connectivity index (χ1) is 11.6. The van der Waals surface area contributed by atoms with Crippen LogP contribution in [-0.4, -0.2) is 45.4 Å². The van der Waals surface area contributed by atoms with E-state index in [1.807, 2.05) is 6.07 Å². The second-order valence-corrected chi connectivity index (χ2v) is 5.13. The molecule has 0 amide bonds. The number of halogens is 3. The first kappa shape index (κ1) is 20.1. The summed E-state index contributed by atoms with van der Waals surface area (Å²) in [5.41, 5.74) is 1.61. The van der Waals surface area contributed by atoms with Crippen molar-refractivity contribution in [3.05, 3.63) is 36.3 Å². The molecule has 2 rings (SSSR count). The molecule has 0 aliphatic rings. The third-order valence-electron chi connectivity index (χ3n) is 2.42. The fourth-order valence-corrected chi connectivity index (χ4v) is 2.18. The maximum atomic E-state index is 10.6. The van der Waals surface area contributed by atoms with Gasteiger partial charge in [0.2, 0.25) is 0 Å². The van der Waals surface area contributed by atoms with Crippen LogP contribution in [0.25, 0.3) is 16.5 Å². The van der Waals surface area contributed by atoms with Gasteiger partial charge in [0.15, 0.2) is 0 Å². The lowest BCUT2D eigenvalue weighted by atomic mass is 10.1. The van der Waals surface area contributed by atoms with E-state index in [4.69, 9.17) is 19.7 Å². The van der Waals surface area contributed by atoms with Gasteiger partial charge in [0.05, 0.1) is 12.0 Å². The standard InChI is InChI=1S/C12H10N2O3S.C2HF3O2/c1-17-12-14-7-10(18-12)9-4-5-13-6-8(9)2-3-11(15)16;3-2(4,5)1(6)7/h2-7H,1H3,(H,15,16);(H,6,7). The number of aromatic nitrogens is 2. The molecule has 0 spiro atoms. The lowest BCUT2D eigenvalue weighted by molar-refractivity contribution is -0.192. The number of carbonyl (C=O) groups is 2. The molecule has 0 aliphatic heterocycles. The van der Waals surface area contributed by atoms with Crippen LogP contribution < -0.4 is 4.74 Å². The number of pyridine rings is 1. The molecule has 2 aromatic heterocycles. The zero-order valence-electron chi connectivity index (χ0n) is 12.5. The molecule has 134 valence electrons. The summed E-state index contributed by atoms with van der Waals surface area (Å²) in [5.74, 6) is -3.75. The van der Waals surface area contributed by atoms with E-state index < -0.39 is 18.1 Å². The van der Waals surface area contributed by atoms with E-state index in [9.17, 15) is 18.0 Å². The van der Waals surface area contributed by atoms with Crippen molar-refractivity contribution in [2.24, 2.45) is 0 Å². The average molecular weight is 376 g/mol. The highest BCUT2D eigenvalue weighted by atomic mass is 32.1. The molecule has 0 aromatic carbocycles. The highest BCUT2D eigenvalue weighted by molar-refractivity contribution is 7.16. The Morgan fingerprint density at radius 3 is 2.40 bits per heavy atom. The predicted octanol–water partition coefficient (Wildman–Crippen LogP) is 2.94. The van der Waals surface area contributed by atoms with Crippen LogP contribution >= 0.6 is 11.3 Å². The summed E-state index contributed by atoms with van der Waals surface area (Å²) in [6.07, 6.45) is 2.47. The quantitative estimate of drug-likeness (QED) is 0.790. The number of thiazole rings is 1. The number of carboxylic acids is 2. The molecule has 2 N–H and O–H groups in total. The van der Waals surface area contributed by atoms with Crippen molar-refractivity contribution < 1.29 is 37.7 Å². The maximum absolute atomic E-state index is 10.6. The zero-order valence-corrected chi connectivity index (χ0v) is 13.3. The largest absolute Gasteiger partial charge is 0.490 e. The summed E-state index contributed by atoms with van der Waals surface area (Å²) in [6, 6.07) is 1.81. The highest BCUT2D eigenvalue weighted by Gasteiger charge is 2.38. The van der Waals surface area contributed by atoms with Crippen molar-refractivity contribution in [2.45, 2.75) is 6.18 Å². The Morgan fingerprint density at radius 2 is 1.92 bits per heavy atom. The Hall–Kier alpha value is -2.95. The molecule has 2 aromatic rings. The molecule has 0 saturated heterocycles. The molecule has 0 bridgehead atoms. The van der Waals surface area contributed by atoms with Crippen LogP contribution in [0.4, 0.5) is 13.2 Å². The maximum Gasteiger partial charge on any atom is 0.490 e.